The van der Waals surface area contributed by atoms with E-state index in [1.165, 1.54) is 0 Å². The molecule has 1 aliphatic carbocycles. The highest BCUT2D eigenvalue weighted by atomic mass is 16.2. The van der Waals surface area contributed by atoms with Gasteiger partial charge in [-0.15, -0.1) is 0 Å². The summed E-state index contributed by atoms with van der Waals surface area (Å²) in [5, 5.41) is 5.63. The van der Waals surface area contributed by atoms with E-state index in [0.717, 1.165) is 30.5 Å². The van der Waals surface area contributed by atoms with E-state index in [2.05, 4.69) is 10.6 Å². The highest BCUT2D eigenvalue weighted by molar-refractivity contribution is 5.90. The van der Waals surface area contributed by atoms with Gasteiger partial charge in [0.1, 0.15) is 12.3 Å². The van der Waals surface area contributed by atoms with Crippen LogP contribution >= 0.6 is 0 Å². The van der Waals surface area contributed by atoms with Crippen LogP contribution in [0.25, 0.3) is 0 Å². The molecule has 3 fully saturated rings. The number of hydrogen-bond acceptors (Lipinski definition) is 5. The van der Waals surface area contributed by atoms with E-state index < -0.39 is 12.1 Å². The van der Waals surface area contributed by atoms with E-state index in [0.29, 0.717) is 51.0 Å². The lowest BCUT2D eigenvalue weighted by Gasteiger charge is -2.28. The van der Waals surface area contributed by atoms with E-state index >= 15 is 0 Å². The van der Waals surface area contributed by atoms with E-state index in [1.54, 1.807) is 4.90 Å². The van der Waals surface area contributed by atoms with Crippen LogP contribution in [-0.2, 0) is 25.6 Å². The molecule has 0 bridgehead atoms. The van der Waals surface area contributed by atoms with Gasteiger partial charge in [0.2, 0.25) is 17.7 Å². The third-order valence-electron chi connectivity index (χ3n) is 7.75. The average molecular weight is 469 g/mol. The van der Waals surface area contributed by atoms with E-state index in [9.17, 15) is 19.2 Å². The molecule has 1 aromatic carbocycles. The summed E-state index contributed by atoms with van der Waals surface area (Å²) in [7, 11) is 3.98. The number of hydrogen-bond donors (Lipinski definition) is 2. The highest BCUT2D eigenvalue weighted by Gasteiger charge is 2.49. The third-order valence-corrected chi connectivity index (χ3v) is 7.75. The first-order valence-corrected chi connectivity index (χ1v) is 12.5. The molecule has 8 nitrogen and oxygen atoms in total. The lowest BCUT2D eigenvalue weighted by atomic mass is 9.92. The van der Waals surface area contributed by atoms with Gasteiger partial charge in [-0.05, 0) is 61.6 Å². The van der Waals surface area contributed by atoms with Gasteiger partial charge in [-0.1, -0.05) is 18.6 Å². The largest absolute Gasteiger partial charge is 0.378 e. The number of carbonyl (C=O) groups excluding carboxylic acids is 4. The fourth-order valence-electron chi connectivity index (χ4n) is 5.85. The second kappa shape index (κ2) is 10.6. The first-order valence-electron chi connectivity index (χ1n) is 12.5. The lowest BCUT2D eigenvalue weighted by Crippen LogP contribution is -2.52. The molecule has 3 amide bonds. The van der Waals surface area contributed by atoms with Crippen molar-refractivity contribution in [2.45, 2.75) is 57.0 Å². The van der Waals surface area contributed by atoms with Crippen LogP contribution in [-0.4, -0.2) is 68.2 Å². The summed E-state index contributed by atoms with van der Waals surface area (Å²) in [5.74, 6) is -0.0967. The number of amides is 3. The molecule has 34 heavy (non-hydrogen) atoms. The maximum absolute atomic E-state index is 13.3. The summed E-state index contributed by atoms with van der Waals surface area (Å²) in [4.78, 5) is 53.9. The first kappa shape index (κ1) is 24.2. The molecular formula is C26H36N4O4. The molecule has 8 heteroatoms. The highest BCUT2D eigenvalue weighted by Crippen LogP contribution is 2.42. The van der Waals surface area contributed by atoms with Gasteiger partial charge in [0.05, 0.1) is 6.04 Å². The smallest absolute Gasteiger partial charge is 0.243 e. The molecule has 1 saturated carbocycles. The van der Waals surface area contributed by atoms with Crippen LogP contribution in [0.15, 0.2) is 24.3 Å². The van der Waals surface area contributed by atoms with Gasteiger partial charge in [-0.25, -0.2) is 0 Å². The fourth-order valence-corrected chi connectivity index (χ4v) is 5.85. The summed E-state index contributed by atoms with van der Waals surface area (Å²) in [5.41, 5.74) is 2.20. The van der Waals surface area contributed by atoms with Crippen LogP contribution in [0.1, 0.15) is 44.1 Å². The maximum Gasteiger partial charge on any atom is 0.243 e. The lowest BCUT2D eigenvalue weighted by molar-refractivity contribution is -0.140. The van der Waals surface area contributed by atoms with Crippen molar-refractivity contribution in [3.63, 3.8) is 0 Å². The minimum absolute atomic E-state index is 0.0101. The molecule has 3 aliphatic rings. The zero-order chi connectivity index (χ0) is 24.2. The van der Waals surface area contributed by atoms with Gasteiger partial charge in [0.25, 0.3) is 0 Å². The molecule has 0 unspecified atom stereocenters. The van der Waals surface area contributed by atoms with Crippen molar-refractivity contribution in [1.29, 1.82) is 0 Å². The third kappa shape index (κ3) is 5.26. The fraction of sp³-hybridized carbons (Fsp3) is 0.615. The number of fused-ring (bicyclic) bond motifs is 1. The number of rotatable bonds is 9. The minimum atomic E-state index is -0.714. The Bertz CT molecular complexity index is 916. The van der Waals surface area contributed by atoms with Gasteiger partial charge >= 0.3 is 0 Å². The summed E-state index contributed by atoms with van der Waals surface area (Å²) in [6.07, 6.45) is 5.70. The second-order valence-electron chi connectivity index (χ2n) is 10.2. The molecule has 0 aromatic heterocycles. The Labute approximate surface area is 201 Å². The van der Waals surface area contributed by atoms with Crippen molar-refractivity contribution in [2.75, 3.05) is 32.1 Å². The van der Waals surface area contributed by atoms with E-state index in [-0.39, 0.29) is 29.6 Å². The summed E-state index contributed by atoms with van der Waals surface area (Å²) in [6.45, 7) is 1.22. The van der Waals surface area contributed by atoms with Gasteiger partial charge in [-0.2, -0.15) is 0 Å². The number of aldehydes is 1. The van der Waals surface area contributed by atoms with Gasteiger partial charge < -0.3 is 25.2 Å². The number of aryl methyl sites for hydroxylation is 1. The summed E-state index contributed by atoms with van der Waals surface area (Å²) < 4.78 is 0. The molecule has 4 rings (SSSR count). The Morgan fingerprint density at radius 2 is 1.97 bits per heavy atom. The Kier molecular flexibility index (Phi) is 7.54. The number of carbonyl (C=O) groups is 4. The average Bonchev–Trinajstić information content (AvgIpc) is 3.53. The van der Waals surface area contributed by atoms with Crippen molar-refractivity contribution in [1.82, 2.24) is 15.5 Å². The summed E-state index contributed by atoms with van der Waals surface area (Å²) >= 11 is 0. The summed E-state index contributed by atoms with van der Waals surface area (Å²) in [6, 6.07) is 6.92. The van der Waals surface area contributed by atoms with Gasteiger partial charge in [0, 0.05) is 45.2 Å². The Balaban J connectivity index is 1.39. The number of benzene rings is 1. The van der Waals surface area contributed by atoms with Crippen molar-refractivity contribution in [3.8, 4) is 0 Å². The van der Waals surface area contributed by atoms with Crippen molar-refractivity contribution in [3.05, 3.63) is 29.8 Å². The quantitative estimate of drug-likeness (QED) is 0.536. The zero-order valence-corrected chi connectivity index (χ0v) is 20.2. The van der Waals surface area contributed by atoms with Gasteiger partial charge in [0.15, 0.2) is 0 Å². The van der Waals surface area contributed by atoms with Crippen LogP contribution in [0.4, 0.5) is 5.69 Å². The van der Waals surface area contributed by atoms with E-state index in [1.807, 2.05) is 43.3 Å². The van der Waals surface area contributed by atoms with Crippen LogP contribution in [0, 0.1) is 17.8 Å². The molecule has 184 valence electrons. The topological polar surface area (TPSA) is 98.8 Å². The molecule has 1 aromatic rings. The minimum Gasteiger partial charge on any atom is -0.378 e. The Morgan fingerprint density at radius 3 is 2.62 bits per heavy atom. The molecule has 5 atom stereocenters. The monoisotopic (exact) mass is 468 g/mol. The number of nitrogens with one attached hydrogen (secondary N) is 2. The molecule has 2 heterocycles. The standard InChI is InChI=1S/C26H36N4O4/c1-29(2)21-9-6-17(7-10-21)8-11-23(32)30-15-19-4-3-5-22(19)24(30)26(34)28-20(16-31)14-18-12-13-27-25(18)33/h6-7,9-10,16,18-20,22,24H,3-5,8,11-15H2,1-2H3,(H,27,33)(H,28,34)/t18-,19-,20-,22-,24-/m0/s1. The van der Waals surface area contributed by atoms with Crippen molar-refractivity contribution in [2.24, 2.45) is 17.8 Å². The van der Waals surface area contributed by atoms with Crippen molar-refractivity contribution >= 4 is 29.7 Å². The number of likely N-dealkylation sites (tertiary alicyclic amines) is 1. The van der Waals surface area contributed by atoms with Crippen LogP contribution in [0.5, 0.6) is 0 Å². The van der Waals surface area contributed by atoms with Gasteiger partial charge in [-0.3, -0.25) is 14.4 Å². The molecule has 2 saturated heterocycles. The molecule has 0 radical (unpaired) electrons. The van der Waals surface area contributed by atoms with E-state index in [4.69, 9.17) is 0 Å². The van der Waals surface area contributed by atoms with Crippen LogP contribution in [0.3, 0.4) is 0 Å². The van der Waals surface area contributed by atoms with Crippen LogP contribution < -0.4 is 15.5 Å². The van der Waals surface area contributed by atoms with Crippen molar-refractivity contribution < 1.29 is 19.2 Å². The first-order chi connectivity index (χ1) is 16.4. The Morgan fingerprint density at radius 1 is 1.21 bits per heavy atom. The molecule has 2 aliphatic heterocycles. The SMILES string of the molecule is CN(C)c1ccc(CCC(=O)N2C[C@@H]3CCC[C@@H]3[C@H]2C(=O)N[C@H](C=O)C[C@@H]2CCNC2=O)cc1. The number of anilines is 1. The van der Waals surface area contributed by atoms with Crippen LogP contribution in [0.2, 0.25) is 0 Å². The molecule has 0 spiro atoms. The number of nitrogens with zero attached hydrogens (tertiary/aromatic N) is 2. The molecular weight excluding hydrogens is 432 g/mol. The predicted molar refractivity (Wildman–Crippen MR) is 129 cm³/mol. The molecule has 2 N–H and O–H groups in total. The Hall–Kier alpha value is -2.90. The predicted octanol–water partition coefficient (Wildman–Crippen LogP) is 1.52. The zero-order valence-electron chi connectivity index (χ0n) is 20.2. The normalized spacial score (nSPS) is 26.6. The maximum atomic E-state index is 13.3. The second-order valence-corrected chi connectivity index (χ2v) is 10.2.